The Balaban J connectivity index is 4.56. The van der Waals surface area contributed by atoms with E-state index in [1.807, 2.05) is 0 Å². The van der Waals surface area contributed by atoms with E-state index in [1.54, 1.807) is 6.92 Å². The summed E-state index contributed by atoms with van der Waals surface area (Å²) in [6.45, 7) is 12.4. The molecule has 0 unspecified atom stereocenters. The van der Waals surface area contributed by atoms with E-state index < -0.39 is 8.07 Å². The molecule has 0 saturated carbocycles. The summed E-state index contributed by atoms with van der Waals surface area (Å²) >= 11 is 0. The Morgan fingerprint density at radius 1 is 1.13 bits per heavy atom. The van der Waals surface area contributed by atoms with E-state index in [0.29, 0.717) is 11.8 Å². The fourth-order valence-corrected chi connectivity index (χ4v) is 5.02. The van der Waals surface area contributed by atoms with Crippen molar-refractivity contribution in [2.45, 2.75) is 45.8 Å². The van der Waals surface area contributed by atoms with Crippen LogP contribution >= 0.6 is 0 Å². The molecule has 0 aromatic heterocycles. The van der Waals surface area contributed by atoms with Crippen LogP contribution in [0, 0.1) is 0 Å². The first-order valence-electron chi connectivity index (χ1n) is 5.61. The molecule has 0 aliphatic heterocycles. The summed E-state index contributed by atoms with van der Waals surface area (Å²) in [6.07, 6.45) is 0. The highest BCUT2D eigenvalue weighted by Crippen LogP contribution is 2.28. The fourth-order valence-electron chi connectivity index (χ4n) is 1.77. The van der Waals surface area contributed by atoms with Crippen molar-refractivity contribution in [3.05, 3.63) is 11.8 Å². The number of hydrogen-bond acceptors (Lipinski definition) is 3. The van der Waals surface area contributed by atoms with Crippen LogP contribution in [-0.2, 0) is 14.6 Å². The van der Waals surface area contributed by atoms with Gasteiger partial charge in [-0.1, -0.05) is 45.5 Å². The van der Waals surface area contributed by atoms with Crippen molar-refractivity contribution in [1.82, 2.24) is 0 Å². The fraction of sp³-hybridized carbons (Fsp3) is 0.727. The van der Waals surface area contributed by atoms with Crippen LogP contribution in [0.3, 0.4) is 0 Å². The van der Waals surface area contributed by atoms with Crippen molar-refractivity contribution in [2.75, 3.05) is 6.61 Å². The number of rotatable bonds is 7. The van der Waals surface area contributed by atoms with Gasteiger partial charge in [0.1, 0.15) is 0 Å². The lowest BCUT2D eigenvalue weighted by Crippen LogP contribution is -2.38. The summed E-state index contributed by atoms with van der Waals surface area (Å²) in [5.41, 5.74) is 0. The molecule has 0 heterocycles. The second-order valence-corrected chi connectivity index (χ2v) is 8.88. The standard InChI is InChI=1S/C11H22O3Si/c1-6-13-14-11(12)10(5)15(7-2,8-3)9-4/h5-9H2,1-4H3. The molecule has 0 aromatic carbocycles. The van der Waals surface area contributed by atoms with Crippen molar-refractivity contribution in [3.63, 3.8) is 0 Å². The molecule has 0 aliphatic rings. The molecule has 0 amide bonds. The summed E-state index contributed by atoms with van der Waals surface area (Å²) in [5.74, 6) is -0.380. The maximum Gasteiger partial charge on any atom is 0.364 e. The van der Waals surface area contributed by atoms with Gasteiger partial charge in [-0.25, -0.2) is 4.79 Å². The lowest BCUT2D eigenvalue weighted by molar-refractivity contribution is -0.264. The van der Waals surface area contributed by atoms with Crippen LogP contribution in [-0.4, -0.2) is 20.7 Å². The van der Waals surface area contributed by atoms with Crippen LogP contribution in [0.4, 0.5) is 0 Å². The largest absolute Gasteiger partial charge is 0.364 e. The monoisotopic (exact) mass is 230 g/mol. The minimum atomic E-state index is -1.68. The van der Waals surface area contributed by atoms with Crippen LogP contribution in [0.25, 0.3) is 0 Å². The second kappa shape index (κ2) is 6.79. The average Bonchev–Trinajstić information content (AvgIpc) is 2.28. The van der Waals surface area contributed by atoms with Crippen LogP contribution in [0.5, 0.6) is 0 Å². The minimum absolute atomic E-state index is 0.373. The number of carbonyl (C=O) groups is 1. The third-order valence-corrected chi connectivity index (χ3v) is 8.71. The smallest absolute Gasteiger partial charge is 0.294 e. The summed E-state index contributed by atoms with van der Waals surface area (Å²) in [4.78, 5) is 20.9. The Morgan fingerprint density at radius 2 is 1.60 bits per heavy atom. The third-order valence-electron chi connectivity index (χ3n) is 3.17. The maximum absolute atomic E-state index is 11.6. The molecule has 0 rings (SSSR count). The Labute approximate surface area is 93.4 Å². The molecule has 88 valence electrons. The predicted molar refractivity (Wildman–Crippen MR) is 64.1 cm³/mol. The summed E-state index contributed by atoms with van der Waals surface area (Å²) in [7, 11) is -1.68. The van der Waals surface area contributed by atoms with Crippen molar-refractivity contribution in [1.29, 1.82) is 0 Å². The first-order valence-corrected chi connectivity index (χ1v) is 8.23. The molecule has 4 heteroatoms. The third kappa shape index (κ3) is 3.46. The lowest BCUT2D eigenvalue weighted by Gasteiger charge is -2.28. The molecular formula is C11H22O3Si. The van der Waals surface area contributed by atoms with Gasteiger partial charge in [0.25, 0.3) is 0 Å². The summed E-state index contributed by atoms with van der Waals surface area (Å²) in [5, 5.41) is 0.656. The van der Waals surface area contributed by atoms with Gasteiger partial charge in [0.2, 0.25) is 0 Å². The zero-order valence-electron chi connectivity index (χ0n) is 10.3. The van der Waals surface area contributed by atoms with Gasteiger partial charge in [0, 0.05) is 5.20 Å². The van der Waals surface area contributed by atoms with E-state index in [4.69, 9.17) is 0 Å². The van der Waals surface area contributed by atoms with Crippen molar-refractivity contribution in [3.8, 4) is 0 Å². The van der Waals surface area contributed by atoms with Crippen LogP contribution in [0.2, 0.25) is 18.1 Å². The maximum atomic E-state index is 11.6. The molecule has 0 radical (unpaired) electrons. The predicted octanol–water partition coefficient (Wildman–Crippen LogP) is 3.09. The van der Waals surface area contributed by atoms with Gasteiger partial charge in [-0.3, -0.25) is 4.89 Å². The van der Waals surface area contributed by atoms with E-state index in [-0.39, 0.29) is 5.97 Å². The van der Waals surface area contributed by atoms with Crippen LogP contribution in [0.1, 0.15) is 27.7 Å². The van der Waals surface area contributed by atoms with Gasteiger partial charge < -0.3 is 0 Å². The molecule has 3 nitrogen and oxygen atoms in total. The van der Waals surface area contributed by atoms with E-state index in [9.17, 15) is 4.79 Å². The number of carbonyl (C=O) groups excluding carboxylic acids is 1. The molecule has 0 saturated heterocycles. The van der Waals surface area contributed by atoms with E-state index >= 15 is 0 Å². The van der Waals surface area contributed by atoms with Gasteiger partial charge >= 0.3 is 5.97 Å². The minimum Gasteiger partial charge on any atom is -0.294 e. The first-order chi connectivity index (χ1) is 7.07. The quantitative estimate of drug-likeness (QED) is 0.292. The zero-order chi connectivity index (χ0) is 11.9. The van der Waals surface area contributed by atoms with Crippen LogP contribution in [0.15, 0.2) is 11.8 Å². The van der Waals surface area contributed by atoms with E-state index in [2.05, 4.69) is 37.1 Å². The highest BCUT2D eigenvalue weighted by atomic mass is 28.3. The molecule has 15 heavy (non-hydrogen) atoms. The van der Waals surface area contributed by atoms with E-state index in [0.717, 1.165) is 18.1 Å². The Bertz CT molecular complexity index is 214. The average molecular weight is 230 g/mol. The molecule has 0 spiro atoms. The molecule has 0 N–H and O–H groups in total. The van der Waals surface area contributed by atoms with Crippen LogP contribution < -0.4 is 0 Å². The van der Waals surface area contributed by atoms with Gasteiger partial charge in [-0.2, -0.15) is 4.89 Å². The molecular weight excluding hydrogens is 208 g/mol. The topological polar surface area (TPSA) is 35.5 Å². The molecule has 0 aromatic rings. The summed E-state index contributed by atoms with van der Waals surface area (Å²) in [6, 6.07) is 3.08. The number of hydrogen-bond donors (Lipinski definition) is 0. The van der Waals surface area contributed by atoms with E-state index in [1.165, 1.54) is 0 Å². The normalized spacial score (nSPS) is 11.2. The molecule has 0 aliphatic carbocycles. The van der Waals surface area contributed by atoms with Crippen molar-refractivity contribution >= 4 is 14.0 Å². The molecule has 0 fully saturated rings. The Morgan fingerprint density at radius 3 is 1.93 bits per heavy atom. The highest BCUT2D eigenvalue weighted by molar-refractivity contribution is 6.89. The SMILES string of the molecule is C=C(C(=O)OOCC)[Si](CC)(CC)CC. The van der Waals surface area contributed by atoms with Gasteiger partial charge in [-0.05, 0) is 6.92 Å². The highest BCUT2D eigenvalue weighted by Gasteiger charge is 2.35. The van der Waals surface area contributed by atoms with Gasteiger partial charge in [0.05, 0.1) is 14.7 Å². The zero-order valence-corrected chi connectivity index (χ0v) is 11.3. The first kappa shape index (κ1) is 14.4. The Hall–Kier alpha value is -0.613. The van der Waals surface area contributed by atoms with Crippen molar-refractivity contribution < 1.29 is 14.6 Å². The lowest BCUT2D eigenvalue weighted by atomic mass is 10.6. The molecule has 0 atom stereocenters. The van der Waals surface area contributed by atoms with Gasteiger partial charge in [0.15, 0.2) is 0 Å². The van der Waals surface area contributed by atoms with Gasteiger partial charge in [-0.15, -0.1) is 0 Å². The van der Waals surface area contributed by atoms with Crippen molar-refractivity contribution in [2.24, 2.45) is 0 Å². The second-order valence-electron chi connectivity index (χ2n) is 3.60. The molecule has 0 bridgehead atoms. The summed E-state index contributed by atoms with van der Waals surface area (Å²) < 4.78 is 0. The Kier molecular flexibility index (Phi) is 6.52.